The van der Waals surface area contributed by atoms with Crippen LogP contribution in [0.5, 0.6) is 0 Å². The highest BCUT2D eigenvalue weighted by Crippen LogP contribution is 2.20. The van der Waals surface area contributed by atoms with E-state index in [1.807, 2.05) is 0 Å². The van der Waals surface area contributed by atoms with Crippen molar-refractivity contribution in [1.29, 1.82) is 0 Å². The number of aryl methyl sites for hydroxylation is 1. The molecule has 138 valence electrons. The van der Waals surface area contributed by atoms with Gasteiger partial charge in [0.05, 0.1) is 0 Å². The van der Waals surface area contributed by atoms with Gasteiger partial charge < -0.3 is 9.47 Å². The second-order valence-electron chi connectivity index (χ2n) is 6.28. The van der Waals surface area contributed by atoms with Crippen LogP contribution in [-0.4, -0.2) is 28.2 Å². The van der Waals surface area contributed by atoms with E-state index < -0.39 is 23.6 Å². The van der Waals surface area contributed by atoms with E-state index in [1.54, 1.807) is 19.1 Å². The number of hydrogen-bond donors (Lipinski definition) is 1. The van der Waals surface area contributed by atoms with Crippen LogP contribution in [0.1, 0.15) is 57.2 Å². The Labute approximate surface area is 146 Å². The Hall–Kier alpha value is -2.15. The Kier molecular flexibility index (Phi) is 7.18. The summed E-state index contributed by atoms with van der Waals surface area (Å²) in [6.07, 6.45) is 9.74. The van der Waals surface area contributed by atoms with Crippen molar-refractivity contribution in [3.8, 4) is 0 Å². The van der Waals surface area contributed by atoms with Gasteiger partial charge in [0.15, 0.2) is 6.23 Å². The molecular formula is C18H26N2O5. The molecule has 25 heavy (non-hydrogen) atoms. The highest BCUT2D eigenvalue weighted by Gasteiger charge is 2.23. The average Bonchev–Trinajstić information content (AvgIpc) is 3.05. The summed E-state index contributed by atoms with van der Waals surface area (Å²) in [6, 6.07) is 0. The molecule has 1 N–H and O–H groups in total. The quantitative estimate of drug-likeness (QED) is 0.419. The van der Waals surface area contributed by atoms with E-state index in [1.165, 1.54) is 23.6 Å². The molecule has 0 saturated heterocycles. The number of carbonyl (C=O) groups excluding carboxylic acids is 1. The fourth-order valence-electron chi connectivity index (χ4n) is 2.64. The van der Waals surface area contributed by atoms with Crippen molar-refractivity contribution < 1.29 is 14.3 Å². The van der Waals surface area contributed by atoms with Gasteiger partial charge >= 0.3 is 11.7 Å². The van der Waals surface area contributed by atoms with Gasteiger partial charge in [-0.15, -0.1) is 0 Å². The molecule has 1 aliphatic rings. The fourth-order valence-corrected chi connectivity index (χ4v) is 2.64. The topological polar surface area (TPSA) is 90.4 Å². The zero-order valence-electron chi connectivity index (χ0n) is 14.8. The first-order valence-corrected chi connectivity index (χ1v) is 8.82. The minimum absolute atomic E-state index is 0.123. The largest absolute Gasteiger partial charge is 0.463 e. The molecule has 0 radical (unpaired) electrons. The zero-order valence-corrected chi connectivity index (χ0v) is 14.8. The van der Waals surface area contributed by atoms with E-state index in [0.717, 1.165) is 19.3 Å². The standard InChI is InChI=1S/C18H26N2O5/c1-3-4-5-6-7-8-16(21)24-12-14-9-10-15(25-14)20-11-13(2)17(22)19-18(20)23/h9-11,14-15H,3-8,12H2,1-2H3,(H,19,22,23)/t14-,15+/m0/s1. The van der Waals surface area contributed by atoms with Gasteiger partial charge in [-0.1, -0.05) is 38.7 Å². The molecule has 0 saturated carbocycles. The Morgan fingerprint density at radius 3 is 2.76 bits per heavy atom. The summed E-state index contributed by atoms with van der Waals surface area (Å²) < 4.78 is 12.2. The number of ether oxygens (including phenoxy) is 2. The summed E-state index contributed by atoms with van der Waals surface area (Å²) in [7, 11) is 0. The highest BCUT2D eigenvalue weighted by molar-refractivity contribution is 5.69. The maximum absolute atomic E-state index is 11.9. The van der Waals surface area contributed by atoms with E-state index in [4.69, 9.17) is 9.47 Å². The van der Waals surface area contributed by atoms with E-state index in [-0.39, 0.29) is 12.6 Å². The van der Waals surface area contributed by atoms with Crippen LogP contribution in [0.2, 0.25) is 0 Å². The Morgan fingerprint density at radius 2 is 2.00 bits per heavy atom. The van der Waals surface area contributed by atoms with Crippen molar-refractivity contribution >= 4 is 5.97 Å². The molecule has 2 atom stereocenters. The number of carbonyl (C=O) groups is 1. The molecule has 1 aromatic heterocycles. The maximum Gasteiger partial charge on any atom is 0.330 e. The van der Waals surface area contributed by atoms with Crippen molar-refractivity contribution in [2.75, 3.05) is 6.61 Å². The molecule has 1 aromatic rings. The van der Waals surface area contributed by atoms with Gasteiger partial charge in [0.2, 0.25) is 0 Å². The van der Waals surface area contributed by atoms with Crippen LogP contribution >= 0.6 is 0 Å². The summed E-state index contributed by atoms with van der Waals surface area (Å²) in [5, 5.41) is 0. The summed E-state index contributed by atoms with van der Waals surface area (Å²) in [6.45, 7) is 3.89. The van der Waals surface area contributed by atoms with Gasteiger partial charge in [-0.05, 0) is 19.4 Å². The lowest BCUT2D eigenvalue weighted by Crippen LogP contribution is -2.33. The van der Waals surface area contributed by atoms with Crippen molar-refractivity contribution in [3.05, 3.63) is 44.8 Å². The number of nitrogens with zero attached hydrogens (tertiary/aromatic N) is 1. The molecule has 7 nitrogen and oxygen atoms in total. The van der Waals surface area contributed by atoms with E-state index in [2.05, 4.69) is 11.9 Å². The predicted molar refractivity (Wildman–Crippen MR) is 93.4 cm³/mol. The molecule has 0 fully saturated rings. The fraction of sp³-hybridized carbons (Fsp3) is 0.611. The first-order valence-electron chi connectivity index (χ1n) is 8.82. The predicted octanol–water partition coefficient (Wildman–Crippen LogP) is 2.20. The van der Waals surface area contributed by atoms with E-state index in [9.17, 15) is 14.4 Å². The van der Waals surface area contributed by atoms with Crippen LogP contribution in [0, 0.1) is 6.92 Å². The maximum atomic E-state index is 11.9. The Bertz CT molecular complexity index is 719. The number of nitrogens with one attached hydrogen (secondary N) is 1. The van der Waals surface area contributed by atoms with Gasteiger partial charge in [0.1, 0.15) is 12.7 Å². The first kappa shape index (κ1) is 19.2. The molecule has 1 aliphatic heterocycles. The van der Waals surface area contributed by atoms with Crippen LogP contribution in [0.15, 0.2) is 27.9 Å². The Balaban J connectivity index is 1.76. The molecule has 0 amide bonds. The van der Waals surface area contributed by atoms with Gasteiger partial charge in [-0.3, -0.25) is 19.1 Å². The monoisotopic (exact) mass is 350 g/mol. The number of hydrogen-bond acceptors (Lipinski definition) is 5. The average molecular weight is 350 g/mol. The lowest BCUT2D eigenvalue weighted by molar-refractivity contribution is -0.147. The summed E-state index contributed by atoms with van der Waals surface area (Å²) >= 11 is 0. The van der Waals surface area contributed by atoms with Gasteiger partial charge in [-0.2, -0.15) is 0 Å². The molecule has 0 unspecified atom stereocenters. The third-order valence-corrected chi connectivity index (χ3v) is 4.12. The molecule has 0 spiro atoms. The molecule has 2 heterocycles. The molecule has 2 rings (SSSR count). The van der Waals surface area contributed by atoms with Crippen molar-refractivity contribution in [3.63, 3.8) is 0 Å². The third-order valence-electron chi connectivity index (χ3n) is 4.12. The van der Waals surface area contributed by atoms with Gasteiger partial charge in [-0.25, -0.2) is 4.79 Å². The van der Waals surface area contributed by atoms with Crippen molar-refractivity contribution in [1.82, 2.24) is 9.55 Å². The number of aromatic nitrogens is 2. The minimum atomic E-state index is -0.610. The van der Waals surface area contributed by atoms with Gasteiger partial charge in [0.25, 0.3) is 5.56 Å². The number of rotatable bonds is 9. The van der Waals surface area contributed by atoms with Crippen molar-refractivity contribution in [2.45, 2.75) is 64.7 Å². The lowest BCUT2D eigenvalue weighted by Gasteiger charge is -2.16. The molecule has 0 bridgehead atoms. The summed E-state index contributed by atoms with van der Waals surface area (Å²) in [5.74, 6) is -0.228. The van der Waals surface area contributed by atoms with Crippen LogP contribution < -0.4 is 11.2 Å². The van der Waals surface area contributed by atoms with Crippen LogP contribution in [0.25, 0.3) is 0 Å². The number of esters is 1. The first-order chi connectivity index (χ1) is 12.0. The highest BCUT2D eigenvalue weighted by atomic mass is 16.6. The second kappa shape index (κ2) is 9.36. The number of aromatic amines is 1. The number of unbranched alkanes of at least 4 members (excludes halogenated alkanes) is 4. The molecule has 0 aromatic carbocycles. The van der Waals surface area contributed by atoms with Crippen LogP contribution in [0.4, 0.5) is 0 Å². The second-order valence-corrected chi connectivity index (χ2v) is 6.28. The SMILES string of the molecule is CCCCCCCC(=O)OC[C@@H]1C=C[C@H](n2cc(C)c(=O)[nH]c2=O)O1. The molecule has 7 heteroatoms. The molecular weight excluding hydrogens is 324 g/mol. The van der Waals surface area contributed by atoms with Gasteiger partial charge in [0, 0.05) is 18.2 Å². The summed E-state index contributed by atoms with van der Waals surface area (Å²) in [4.78, 5) is 37.2. The van der Waals surface area contributed by atoms with E-state index >= 15 is 0 Å². The third kappa shape index (κ3) is 5.70. The minimum Gasteiger partial charge on any atom is -0.463 e. The summed E-state index contributed by atoms with van der Waals surface area (Å²) in [5.41, 5.74) is -0.517. The van der Waals surface area contributed by atoms with Crippen LogP contribution in [-0.2, 0) is 14.3 Å². The number of H-pyrrole nitrogens is 1. The van der Waals surface area contributed by atoms with Crippen LogP contribution in [0.3, 0.4) is 0 Å². The normalized spacial score (nSPS) is 19.3. The van der Waals surface area contributed by atoms with Crippen molar-refractivity contribution in [2.24, 2.45) is 0 Å². The lowest BCUT2D eigenvalue weighted by atomic mass is 10.1. The molecule has 0 aliphatic carbocycles. The zero-order chi connectivity index (χ0) is 18.2. The van der Waals surface area contributed by atoms with E-state index in [0.29, 0.717) is 12.0 Å². The Morgan fingerprint density at radius 1 is 1.24 bits per heavy atom. The smallest absolute Gasteiger partial charge is 0.330 e.